The van der Waals surface area contributed by atoms with Gasteiger partial charge in [0.15, 0.2) is 5.82 Å². The quantitative estimate of drug-likeness (QED) is 0.325. The van der Waals surface area contributed by atoms with Gasteiger partial charge in [0.1, 0.15) is 0 Å². The molecule has 4 rings (SSSR count). The fourth-order valence-electron chi connectivity index (χ4n) is 2.77. The molecule has 0 bridgehead atoms. The molecule has 0 unspecified atom stereocenters. The molecule has 1 aromatic heterocycles. The third-order valence-electron chi connectivity index (χ3n) is 3.99. The highest BCUT2D eigenvalue weighted by Gasteiger charge is 2.11. The van der Waals surface area contributed by atoms with Crippen LogP contribution in [0.3, 0.4) is 0 Å². The van der Waals surface area contributed by atoms with Crippen LogP contribution >= 0.6 is 31.9 Å². The first-order valence-corrected chi connectivity index (χ1v) is 9.74. The van der Waals surface area contributed by atoms with Crippen molar-refractivity contribution in [3.8, 4) is 33.9 Å². The molecule has 0 N–H and O–H groups in total. The van der Waals surface area contributed by atoms with Gasteiger partial charge in [-0.15, -0.1) is 0 Å². The fraction of sp³-hybridized carbons (Fsp3) is 0. The molecule has 0 radical (unpaired) electrons. The van der Waals surface area contributed by atoms with Crippen LogP contribution in [0.2, 0.25) is 0 Å². The van der Waals surface area contributed by atoms with Gasteiger partial charge in [0.25, 0.3) is 0 Å². The Labute approximate surface area is 169 Å². The van der Waals surface area contributed by atoms with Crippen molar-refractivity contribution in [2.24, 2.45) is 0 Å². The highest BCUT2D eigenvalue weighted by Crippen LogP contribution is 2.30. The normalized spacial score (nSPS) is 10.7. The van der Waals surface area contributed by atoms with Crippen LogP contribution in [0, 0.1) is 0 Å². The Bertz CT molecular complexity index is 970. The van der Waals surface area contributed by atoms with Crippen LogP contribution in [-0.4, -0.2) is 9.97 Å². The van der Waals surface area contributed by atoms with E-state index in [9.17, 15) is 0 Å². The largest absolute Gasteiger partial charge is 0.228 e. The number of halogens is 2. The second-order valence-electron chi connectivity index (χ2n) is 5.85. The molecule has 0 aliphatic carbocycles. The molecule has 126 valence electrons. The molecule has 0 aliphatic heterocycles. The van der Waals surface area contributed by atoms with E-state index in [0.717, 1.165) is 42.8 Å². The van der Waals surface area contributed by atoms with Crippen molar-refractivity contribution in [3.63, 3.8) is 0 Å². The summed E-state index contributed by atoms with van der Waals surface area (Å²) in [7, 11) is 0. The molecule has 1 heterocycles. The summed E-state index contributed by atoms with van der Waals surface area (Å²) >= 11 is 7.13. The van der Waals surface area contributed by atoms with Crippen LogP contribution in [0.4, 0.5) is 0 Å². The maximum absolute atomic E-state index is 4.83. The van der Waals surface area contributed by atoms with Crippen molar-refractivity contribution in [2.45, 2.75) is 0 Å². The monoisotopic (exact) mass is 464 g/mol. The average molecular weight is 466 g/mol. The highest BCUT2D eigenvalue weighted by molar-refractivity contribution is 9.11. The van der Waals surface area contributed by atoms with Gasteiger partial charge >= 0.3 is 0 Å². The molecule has 3 aromatic carbocycles. The van der Waals surface area contributed by atoms with Crippen molar-refractivity contribution in [2.75, 3.05) is 0 Å². The van der Waals surface area contributed by atoms with E-state index in [1.54, 1.807) is 0 Å². The minimum absolute atomic E-state index is 0.720. The summed E-state index contributed by atoms with van der Waals surface area (Å²) in [5, 5.41) is 0. The zero-order chi connectivity index (χ0) is 17.9. The fourth-order valence-corrected chi connectivity index (χ4v) is 4.06. The predicted octanol–water partition coefficient (Wildman–Crippen LogP) is 7.00. The summed E-state index contributed by atoms with van der Waals surface area (Å²) in [5.41, 5.74) is 4.90. The Hall–Kier alpha value is -2.30. The lowest BCUT2D eigenvalue weighted by Gasteiger charge is -2.10. The first-order valence-electron chi connectivity index (χ1n) is 8.15. The lowest BCUT2D eigenvalue weighted by Crippen LogP contribution is -1.95. The first kappa shape index (κ1) is 17.1. The van der Waals surface area contributed by atoms with Crippen LogP contribution < -0.4 is 0 Å². The topological polar surface area (TPSA) is 25.8 Å². The predicted molar refractivity (Wildman–Crippen MR) is 114 cm³/mol. The Morgan fingerprint density at radius 3 is 1.58 bits per heavy atom. The van der Waals surface area contributed by atoms with Gasteiger partial charge < -0.3 is 0 Å². The lowest BCUT2D eigenvalue weighted by molar-refractivity contribution is 1.18. The summed E-state index contributed by atoms with van der Waals surface area (Å²) in [6.45, 7) is 0. The molecular formula is C22H14Br2N2. The number of hydrogen-bond donors (Lipinski definition) is 0. The van der Waals surface area contributed by atoms with E-state index in [0.29, 0.717) is 0 Å². The van der Waals surface area contributed by atoms with Gasteiger partial charge in [0.2, 0.25) is 0 Å². The van der Waals surface area contributed by atoms with Crippen LogP contribution in [-0.2, 0) is 0 Å². The second kappa shape index (κ2) is 7.52. The molecule has 0 atom stereocenters. The Kier molecular flexibility index (Phi) is 4.96. The second-order valence-corrected chi connectivity index (χ2v) is 7.68. The average Bonchev–Trinajstić information content (AvgIpc) is 2.68. The summed E-state index contributed by atoms with van der Waals surface area (Å²) in [5.74, 6) is 0.720. The maximum Gasteiger partial charge on any atom is 0.160 e. The smallest absolute Gasteiger partial charge is 0.160 e. The van der Waals surface area contributed by atoms with Crippen molar-refractivity contribution in [1.29, 1.82) is 0 Å². The van der Waals surface area contributed by atoms with E-state index in [-0.39, 0.29) is 0 Å². The number of aromatic nitrogens is 2. The van der Waals surface area contributed by atoms with Crippen LogP contribution in [0.1, 0.15) is 0 Å². The molecular weight excluding hydrogens is 452 g/mol. The van der Waals surface area contributed by atoms with Crippen LogP contribution in [0.5, 0.6) is 0 Å². The first-order chi connectivity index (χ1) is 12.7. The molecule has 4 aromatic rings. The van der Waals surface area contributed by atoms with Gasteiger partial charge in [0, 0.05) is 25.6 Å². The van der Waals surface area contributed by atoms with Gasteiger partial charge in [-0.25, -0.2) is 9.97 Å². The number of benzene rings is 3. The number of hydrogen-bond acceptors (Lipinski definition) is 2. The number of nitrogens with zero attached hydrogens (tertiary/aromatic N) is 2. The summed E-state index contributed by atoms with van der Waals surface area (Å²) in [6.07, 6.45) is 0. The molecule has 0 spiro atoms. The standard InChI is InChI=1S/C22H14Br2N2/c23-18-11-17(12-19(24)13-18)21-14-20(15-7-3-1-4-8-15)25-22(26-21)16-9-5-2-6-10-16/h1-14H. The van der Waals surface area contributed by atoms with Crippen molar-refractivity contribution < 1.29 is 0 Å². The van der Waals surface area contributed by atoms with E-state index in [4.69, 9.17) is 9.97 Å². The van der Waals surface area contributed by atoms with Crippen molar-refractivity contribution in [1.82, 2.24) is 9.97 Å². The van der Waals surface area contributed by atoms with Crippen molar-refractivity contribution in [3.05, 3.63) is 93.9 Å². The third kappa shape index (κ3) is 3.76. The molecule has 0 saturated heterocycles. The minimum atomic E-state index is 0.720. The SMILES string of the molecule is Brc1cc(Br)cc(-c2cc(-c3ccccc3)nc(-c3ccccc3)n2)c1. The van der Waals surface area contributed by atoms with E-state index in [1.807, 2.05) is 60.7 Å². The zero-order valence-electron chi connectivity index (χ0n) is 13.7. The van der Waals surface area contributed by atoms with Crippen LogP contribution in [0.15, 0.2) is 93.9 Å². The maximum atomic E-state index is 4.83. The Morgan fingerprint density at radius 2 is 1.00 bits per heavy atom. The van der Waals surface area contributed by atoms with E-state index in [1.165, 1.54) is 0 Å². The molecule has 0 fully saturated rings. The molecule has 0 aliphatic rings. The molecule has 4 heteroatoms. The minimum Gasteiger partial charge on any atom is -0.228 e. The summed E-state index contributed by atoms with van der Waals surface area (Å²) < 4.78 is 2.01. The van der Waals surface area contributed by atoms with Gasteiger partial charge in [-0.3, -0.25) is 0 Å². The number of rotatable bonds is 3. The Morgan fingerprint density at radius 1 is 0.500 bits per heavy atom. The zero-order valence-corrected chi connectivity index (χ0v) is 16.9. The Balaban J connectivity index is 1.93. The summed E-state index contributed by atoms with van der Waals surface area (Å²) in [6, 6.07) is 28.4. The van der Waals surface area contributed by atoms with E-state index >= 15 is 0 Å². The van der Waals surface area contributed by atoms with Gasteiger partial charge in [0.05, 0.1) is 11.4 Å². The van der Waals surface area contributed by atoms with Gasteiger partial charge in [-0.1, -0.05) is 92.5 Å². The molecule has 0 amide bonds. The third-order valence-corrected chi connectivity index (χ3v) is 4.90. The molecule has 26 heavy (non-hydrogen) atoms. The summed E-state index contributed by atoms with van der Waals surface area (Å²) in [4.78, 5) is 9.64. The van der Waals surface area contributed by atoms with E-state index < -0.39 is 0 Å². The highest BCUT2D eigenvalue weighted by atomic mass is 79.9. The molecule has 2 nitrogen and oxygen atoms in total. The van der Waals surface area contributed by atoms with E-state index in [2.05, 4.69) is 56.1 Å². The van der Waals surface area contributed by atoms with Gasteiger partial charge in [-0.2, -0.15) is 0 Å². The van der Waals surface area contributed by atoms with Crippen molar-refractivity contribution >= 4 is 31.9 Å². The van der Waals surface area contributed by atoms with Gasteiger partial charge in [-0.05, 0) is 24.3 Å². The molecule has 0 saturated carbocycles. The lowest BCUT2D eigenvalue weighted by atomic mass is 10.1. The van der Waals surface area contributed by atoms with Crippen LogP contribution in [0.25, 0.3) is 33.9 Å².